The van der Waals surface area contributed by atoms with Crippen molar-refractivity contribution in [3.05, 3.63) is 94.2 Å². The van der Waals surface area contributed by atoms with Gasteiger partial charge in [-0.15, -0.1) is 0 Å². The number of nitrogens with one attached hydrogen (secondary N) is 1. The third-order valence-electron chi connectivity index (χ3n) is 4.85. The smallest absolute Gasteiger partial charge is 0.251 e. The van der Waals surface area contributed by atoms with E-state index in [1.165, 1.54) is 0 Å². The molecule has 0 aliphatic carbocycles. The Kier molecular flexibility index (Phi) is 6.75. The van der Waals surface area contributed by atoms with E-state index >= 15 is 0 Å². The summed E-state index contributed by atoms with van der Waals surface area (Å²) in [6, 6.07) is 22.2. The van der Waals surface area contributed by atoms with Crippen LogP contribution >= 0.6 is 23.2 Å². The van der Waals surface area contributed by atoms with Crippen molar-refractivity contribution in [1.82, 2.24) is 14.9 Å². The zero-order chi connectivity index (χ0) is 21.6. The lowest BCUT2D eigenvalue weighted by molar-refractivity contribution is 0.0949. The Bertz CT molecular complexity index is 1210. The summed E-state index contributed by atoms with van der Waals surface area (Å²) in [6.45, 7) is 1.53. The highest BCUT2D eigenvalue weighted by Crippen LogP contribution is 2.23. The first-order valence-corrected chi connectivity index (χ1v) is 10.7. The summed E-state index contributed by atoms with van der Waals surface area (Å²) in [7, 11) is 0. The molecule has 31 heavy (non-hydrogen) atoms. The molecule has 158 valence electrons. The van der Waals surface area contributed by atoms with Crippen LogP contribution in [0.3, 0.4) is 0 Å². The maximum absolute atomic E-state index is 12.5. The van der Waals surface area contributed by atoms with Crippen LogP contribution in [-0.2, 0) is 13.1 Å². The zero-order valence-corrected chi connectivity index (χ0v) is 18.2. The molecule has 1 N–H and O–H groups in total. The Labute approximate surface area is 190 Å². The molecule has 7 heteroatoms. The highest BCUT2D eigenvalue weighted by atomic mass is 35.5. The predicted octanol–water partition coefficient (Wildman–Crippen LogP) is 5.74. The van der Waals surface area contributed by atoms with Crippen molar-refractivity contribution in [3.63, 3.8) is 0 Å². The lowest BCUT2D eigenvalue weighted by Gasteiger charge is -2.12. The number of rotatable bonds is 8. The molecule has 0 bridgehead atoms. The van der Waals surface area contributed by atoms with Gasteiger partial charge in [0.05, 0.1) is 29.2 Å². The second kappa shape index (κ2) is 9.86. The average molecular weight is 454 g/mol. The van der Waals surface area contributed by atoms with Gasteiger partial charge >= 0.3 is 0 Å². The third kappa shape index (κ3) is 5.19. The number of para-hydroxylation sites is 3. The van der Waals surface area contributed by atoms with E-state index in [-0.39, 0.29) is 5.91 Å². The molecule has 4 aromatic rings. The number of hydrogen-bond acceptors (Lipinski definition) is 3. The fraction of sp³-hybridized carbons (Fsp3) is 0.167. The molecule has 4 rings (SSSR count). The number of carbonyl (C=O) groups excluding carboxylic acids is 1. The maximum atomic E-state index is 12.5. The molecule has 5 nitrogen and oxygen atoms in total. The molecule has 0 unspecified atom stereocenters. The number of hydrogen-bond donors (Lipinski definition) is 1. The molecule has 0 aliphatic rings. The minimum Gasteiger partial charge on any atom is -0.492 e. The van der Waals surface area contributed by atoms with E-state index in [0.717, 1.165) is 23.3 Å². The number of aromatic nitrogens is 2. The van der Waals surface area contributed by atoms with Gasteiger partial charge in [-0.2, -0.15) is 0 Å². The molecule has 1 aromatic heterocycles. The van der Waals surface area contributed by atoms with E-state index in [4.69, 9.17) is 32.9 Å². The van der Waals surface area contributed by atoms with Crippen LogP contribution in [-0.4, -0.2) is 22.1 Å². The van der Waals surface area contributed by atoms with Crippen LogP contribution in [0.2, 0.25) is 10.0 Å². The summed E-state index contributed by atoms with van der Waals surface area (Å²) in [5.74, 6) is 1.27. The largest absolute Gasteiger partial charge is 0.492 e. The van der Waals surface area contributed by atoms with Gasteiger partial charge in [0, 0.05) is 17.1 Å². The first-order chi connectivity index (χ1) is 15.1. The SMILES string of the molecule is O=C(NCc1nc2ccccc2n1CCCOc1ccccc1Cl)c1cccc(Cl)c1. The summed E-state index contributed by atoms with van der Waals surface area (Å²) in [5, 5.41) is 4.06. The van der Waals surface area contributed by atoms with Crippen molar-refractivity contribution in [2.75, 3.05) is 6.61 Å². The molecule has 1 amide bonds. The summed E-state index contributed by atoms with van der Waals surface area (Å²) in [5.41, 5.74) is 2.43. The minimum absolute atomic E-state index is 0.192. The standard InChI is InChI=1S/C24H21Cl2N3O2/c25-18-8-5-7-17(15-18)24(30)27-16-23-28-20-10-2-3-11-21(20)29(23)13-6-14-31-22-12-4-1-9-19(22)26/h1-5,7-12,15H,6,13-14,16H2,(H,27,30). The molecule has 1 heterocycles. The highest BCUT2D eigenvalue weighted by molar-refractivity contribution is 6.32. The van der Waals surface area contributed by atoms with E-state index in [0.29, 0.717) is 41.1 Å². The van der Waals surface area contributed by atoms with Crippen molar-refractivity contribution in [2.45, 2.75) is 19.5 Å². The molecule has 0 aliphatic heterocycles. The fourth-order valence-corrected chi connectivity index (χ4v) is 3.75. The van der Waals surface area contributed by atoms with Crippen molar-refractivity contribution < 1.29 is 9.53 Å². The second-order valence-electron chi connectivity index (χ2n) is 6.99. The zero-order valence-electron chi connectivity index (χ0n) is 16.7. The lowest BCUT2D eigenvalue weighted by atomic mass is 10.2. The van der Waals surface area contributed by atoms with E-state index in [2.05, 4.69) is 9.88 Å². The van der Waals surface area contributed by atoms with Crippen LogP contribution in [0.25, 0.3) is 11.0 Å². The van der Waals surface area contributed by atoms with Crippen molar-refractivity contribution in [2.24, 2.45) is 0 Å². The molecule has 0 saturated heterocycles. The first-order valence-electron chi connectivity index (χ1n) is 9.97. The van der Waals surface area contributed by atoms with Gasteiger partial charge in [-0.1, -0.05) is 53.5 Å². The number of amides is 1. The van der Waals surface area contributed by atoms with Crippen molar-refractivity contribution in [3.8, 4) is 5.75 Å². The van der Waals surface area contributed by atoms with Gasteiger partial charge in [-0.3, -0.25) is 4.79 Å². The lowest BCUT2D eigenvalue weighted by Crippen LogP contribution is -2.25. The van der Waals surface area contributed by atoms with Crippen LogP contribution in [0.1, 0.15) is 22.6 Å². The Morgan fingerprint density at radius 1 is 1.00 bits per heavy atom. The normalized spacial score (nSPS) is 10.9. The fourth-order valence-electron chi connectivity index (χ4n) is 3.37. The monoisotopic (exact) mass is 453 g/mol. The van der Waals surface area contributed by atoms with Gasteiger partial charge in [-0.05, 0) is 48.9 Å². The minimum atomic E-state index is -0.192. The van der Waals surface area contributed by atoms with Gasteiger partial charge in [0.1, 0.15) is 11.6 Å². The number of aryl methyl sites for hydroxylation is 1. The average Bonchev–Trinajstić information content (AvgIpc) is 3.13. The van der Waals surface area contributed by atoms with Crippen LogP contribution in [0.4, 0.5) is 0 Å². The summed E-state index contributed by atoms with van der Waals surface area (Å²) in [4.78, 5) is 17.2. The van der Waals surface area contributed by atoms with E-state index in [9.17, 15) is 4.79 Å². The van der Waals surface area contributed by atoms with Crippen LogP contribution < -0.4 is 10.1 Å². The Balaban J connectivity index is 1.44. The van der Waals surface area contributed by atoms with E-state index < -0.39 is 0 Å². The molecular weight excluding hydrogens is 433 g/mol. The van der Waals surface area contributed by atoms with E-state index in [1.807, 2.05) is 42.5 Å². The van der Waals surface area contributed by atoms with Gasteiger partial charge in [0.15, 0.2) is 0 Å². The number of imidazole rings is 1. The summed E-state index contributed by atoms with van der Waals surface area (Å²) < 4.78 is 7.92. The quantitative estimate of drug-likeness (QED) is 0.346. The molecule has 0 spiro atoms. The Hall–Kier alpha value is -3.02. The molecule has 0 atom stereocenters. The van der Waals surface area contributed by atoms with Gasteiger partial charge in [0.2, 0.25) is 0 Å². The van der Waals surface area contributed by atoms with Crippen LogP contribution in [0, 0.1) is 0 Å². The topological polar surface area (TPSA) is 56.2 Å². The molecular formula is C24H21Cl2N3O2. The molecule has 0 saturated carbocycles. The number of ether oxygens (including phenoxy) is 1. The first kappa shape index (κ1) is 21.2. The van der Waals surface area contributed by atoms with Gasteiger partial charge < -0.3 is 14.6 Å². The number of benzene rings is 3. The number of fused-ring (bicyclic) bond motifs is 1. The third-order valence-corrected chi connectivity index (χ3v) is 5.40. The van der Waals surface area contributed by atoms with E-state index in [1.54, 1.807) is 30.3 Å². The van der Waals surface area contributed by atoms with Gasteiger partial charge in [0.25, 0.3) is 5.91 Å². The van der Waals surface area contributed by atoms with Crippen molar-refractivity contribution >= 4 is 40.1 Å². The van der Waals surface area contributed by atoms with Crippen LogP contribution in [0.15, 0.2) is 72.8 Å². The summed E-state index contributed by atoms with van der Waals surface area (Å²) >= 11 is 12.1. The summed E-state index contributed by atoms with van der Waals surface area (Å²) in [6.07, 6.45) is 0.765. The molecule has 0 radical (unpaired) electrons. The van der Waals surface area contributed by atoms with Crippen LogP contribution in [0.5, 0.6) is 5.75 Å². The number of halogens is 2. The second-order valence-corrected chi connectivity index (χ2v) is 7.84. The Morgan fingerprint density at radius 3 is 2.65 bits per heavy atom. The number of carbonyl (C=O) groups is 1. The molecule has 3 aromatic carbocycles. The Morgan fingerprint density at radius 2 is 1.81 bits per heavy atom. The molecule has 0 fully saturated rings. The predicted molar refractivity (Wildman–Crippen MR) is 124 cm³/mol. The highest BCUT2D eigenvalue weighted by Gasteiger charge is 2.13. The maximum Gasteiger partial charge on any atom is 0.251 e. The van der Waals surface area contributed by atoms with Gasteiger partial charge in [-0.25, -0.2) is 4.98 Å². The van der Waals surface area contributed by atoms with Crippen molar-refractivity contribution in [1.29, 1.82) is 0 Å². The number of nitrogens with zero attached hydrogens (tertiary/aromatic N) is 2.